The zero-order chi connectivity index (χ0) is 12.7. The molecule has 4 nitrogen and oxygen atoms in total. The molecule has 0 aromatic rings. The van der Waals surface area contributed by atoms with Crippen molar-refractivity contribution >= 4 is 0 Å². The first-order valence-corrected chi connectivity index (χ1v) is 6.72. The normalized spacial score (nSPS) is 32.5. The number of hydrogen-bond donors (Lipinski definition) is 2. The molecule has 3 atom stereocenters. The lowest BCUT2D eigenvalue weighted by atomic mass is 9.61. The molecular formula is C13H27NO3. The molecule has 0 heterocycles. The van der Waals surface area contributed by atoms with Crippen molar-refractivity contribution in [3.63, 3.8) is 0 Å². The summed E-state index contributed by atoms with van der Waals surface area (Å²) in [5.41, 5.74) is 0.257. The molecular weight excluding hydrogens is 218 g/mol. The first-order valence-electron chi connectivity index (χ1n) is 6.72. The van der Waals surface area contributed by atoms with E-state index in [4.69, 9.17) is 14.6 Å². The van der Waals surface area contributed by atoms with Gasteiger partial charge in [0, 0.05) is 24.6 Å². The first kappa shape index (κ1) is 14.9. The van der Waals surface area contributed by atoms with Crippen LogP contribution in [0.25, 0.3) is 0 Å². The number of aliphatic hydroxyl groups excluding tert-OH is 1. The van der Waals surface area contributed by atoms with Gasteiger partial charge in [0.1, 0.15) is 0 Å². The minimum Gasteiger partial charge on any atom is -0.394 e. The van der Waals surface area contributed by atoms with Crippen molar-refractivity contribution in [1.82, 2.24) is 5.32 Å². The highest BCUT2D eigenvalue weighted by molar-refractivity contribution is 5.04. The van der Waals surface area contributed by atoms with Gasteiger partial charge in [0.15, 0.2) is 0 Å². The van der Waals surface area contributed by atoms with Gasteiger partial charge in [-0.3, -0.25) is 0 Å². The molecule has 0 radical (unpaired) electrons. The van der Waals surface area contributed by atoms with Gasteiger partial charge in [0.2, 0.25) is 0 Å². The van der Waals surface area contributed by atoms with Crippen LogP contribution in [-0.4, -0.2) is 50.2 Å². The fourth-order valence-electron chi connectivity index (χ4n) is 2.54. The Morgan fingerprint density at radius 1 is 1.35 bits per heavy atom. The van der Waals surface area contributed by atoms with Gasteiger partial charge >= 0.3 is 0 Å². The van der Waals surface area contributed by atoms with Crippen LogP contribution in [0.2, 0.25) is 0 Å². The van der Waals surface area contributed by atoms with Crippen LogP contribution < -0.4 is 5.32 Å². The standard InChI is InChI=1S/C13H27NO3/c1-4-13(3)11(10-12(13)17-5-2)14-6-8-16-9-7-15/h11-12,14-15H,4-10H2,1-3H3. The van der Waals surface area contributed by atoms with Gasteiger partial charge in [-0.2, -0.15) is 0 Å². The Morgan fingerprint density at radius 2 is 2.12 bits per heavy atom. The van der Waals surface area contributed by atoms with Crippen LogP contribution in [0, 0.1) is 5.41 Å². The van der Waals surface area contributed by atoms with E-state index in [1.54, 1.807) is 0 Å². The van der Waals surface area contributed by atoms with E-state index in [1.165, 1.54) is 0 Å². The Labute approximate surface area is 105 Å². The van der Waals surface area contributed by atoms with Crippen molar-refractivity contribution < 1.29 is 14.6 Å². The van der Waals surface area contributed by atoms with Crippen molar-refractivity contribution in [1.29, 1.82) is 0 Å². The molecule has 1 fully saturated rings. The van der Waals surface area contributed by atoms with Gasteiger partial charge in [-0.1, -0.05) is 13.8 Å². The zero-order valence-electron chi connectivity index (χ0n) is 11.4. The van der Waals surface area contributed by atoms with Gasteiger partial charge in [0.25, 0.3) is 0 Å². The third-order valence-electron chi connectivity index (χ3n) is 3.98. The summed E-state index contributed by atoms with van der Waals surface area (Å²) in [6, 6.07) is 0.529. The predicted octanol–water partition coefficient (Wildman–Crippen LogP) is 1.18. The number of hydrogen-bond acceptors (Lipinski definition) is 4. The maximum absolute atomic E-state index is 8.59. The molecule has 3 unspecified atom stereocenters. The number of rotatable bonds is 9. The Balaban J connectivity index is 2.21. The summed E-state index contributed by atoms with van der Waals surface area (Å²) in [6.07, 6.45) is 2.62. The van der Waals surface area contributed by atoms with Crippen LogP contribution in [-0.2, 0) is 9.47 Å². The van der Waals surface area contributed by atoms with Gasteiger partial charge in [-0.15, -0.1) is 0 Å². The lowest BCUT2D eigenvalue weighted by Crippen LogP contribution is -2.62. The SMILES string of the molecule is CCOC1CC(NCCOCCO)C1(C)CC. The molecule has 17 heavy (non-hydrogen) atoms. The minimum absolute atomic E-state index is 0.0997. The third kappa shape index (κ3) is 3.65. The highest BCUT2D eigenvalue weighted by Crippen LogP contribution is 2.45. The maximum Gasteiger partial charge on any atom is 0.0698 e. The molecule has 1 rings (SSSR count). The van der Waals surface area contributed by atoms with Gasteiger partial charge in [-0.05, 0) is 19.8 Å². The molecule has 0 aromatic carbocycles. The molecule has 0 saturated heterocycles. The quantitative estimate of drug-likeness (QED) is 0.599. The molecule has 0 aliphatic heterocycles. The summed E-state index contributed by atoms with van der Waals surface area (Å²) >= 11 is 0. The molecule has 0 bridgehead atoms. The van der Waals surface area contributed by atoms with Gasteiger partial charge in [0.05, 0.1) is 25.9 Å². The maximum atomic E-state index is 8.59. The van der Waals surface area contributed by atoms with Crippen molar-refractivity contribution in [2.24, 2.45) is 5.41 Å². The monoisotopic (exact) mass is 245 g/mol. The second-order valence-corrected chi connectivity index (χ2v) is 4.88. The van der Waals surface area contributed by atoms with Gasteiger partial charge in [-0.25, -0.2) is 0 Å². The zero-order valence-corrected chi connectivity index (χ0v) is 11.4. The second-order valence-electron chi connectivity index (χ2n) is 4.88. The first-order chi connectivity index (χ1) is 8.19. The second kappa shape index (κ2) is 7.31. The van der Waals surface area contributed by atoms with Crippen LogP contribution in [0.4, 0.5) is 0 Å². The van der Waals surface area contributed by atoms with E-state index < -0.39 is 0 Å². The van der Waals surface area contributed by atoms with E-state index in [-0.39, 0.29) is 12.0 Å². The lowest BCUT2D eigenvalue weighted by molar-refractivity contribution is -0.126. The van der Waals surface area contributed by atoms with E-state index in [0.717, 1.165) is 26.0 Å². The summed E-state index contributed by atoms with van der Waals surface area (Å²) in [5.74, 6) is 0. The molecule has 1 saturated carbocycles. The average Bonchev–Trinajstić information content (AvgIpc) is 2.35. The predicted molar refractivity (Wildman–Crippen MR) is 68.1 cm³/mol. The Bertz CT molecular complexity index is 213. The Morgan fingerprint density at radius 3 is 2.71 bits per heavy atom. The molecule has 1 aliphatic carbocycles. The molecule has 2 N–H and O–H groups in total. The van der Waals surface area contributed by atoms with Crippen LogP contribution in [0.3, 0.4) is 0 Å². The van der Waals surface area contributed by atoms with Crippen molar-refractivity contribution in [3.05, 3.63) is 0 Å². The summed E-state index contributed by atoms with van der Waals surface area (Å²) < 4.78 is 11.0. The fraction of sp³-hybridized carbons (Fsp3) is 1.00. The topological polar surface area (TPSA) is 50.7 Å². The summed E-state index contributed by atoms with van der Waals surface area (Å²) in [4.78, 5) is 0. The highest BCUT2D eigenvalue weighted by Gasteiger charge is 2.50. The van der Waals surface area contributed by atoms with Crippen LogP contribution in [0.15, 0.2) is 0 Å². The van der Waals surface area contributed by atoms with E-state index in [2.05, 4.69) is 26.1 Å². The largest absolute Gasteiger partial charge is 0.394 e. The van der Waals surface area contributed by atoms with E-state index in [0.29, 0.717) is 25.4 Å². The number of aliphatic hydroxyl groups is 1. The van der Waals surface area contributed by atoms with Crippen molar-refractivity contribution in [2.75, 3.05) is 33.0 Å². The Hall–Kier alpha value is -0.160. The highest BCUT2D eigenvalue weighted by atomic mass is 16.5. The molecule has 0 amide bonds. The lowest BCUT2D eigenvalue weighted by Gasteiger charge is -2.53. The molecule has 1 aliphatic rings. The average molecular weight is 245 g/mol. The van der Waals surface area contributed by atoms with Crippen LogP contribution in [0.5, 0.6) is 0 Å². The third-order valence-corrected chi connectivity index (χ3v) is 3.98. The van der Waals surface area contributed by atoms with Crippen molar-refractivity contribution in [2.45, 2.75) is 45.8 Å². The summed E-state index contributed by atoms with van der Waals surface area (Å²) in [5, 5.41) is 12.1. The minimum atomic E-state index is 0.0997. The van der Waals surface area contributed by atoms with Crippen LogP contribution >= 0.6 is 0 Å². The van der Waals surface area contributed by atoms with Crippen molar-refractivity contribution in [3.8, 4) is 0 Å². The van der Waals surface area contributed by atoms with Crippen LogP contribution in [0.1, 0.15) is 33.6 Å². The summed E-state index contributed by atoms with van der Waals surface area (Å²) in [6.45, 7) is 9.41. The molecule has 0 aromatic heterocycles. The molecule has 102 valence electrons. The fourth-order valence-corrected chi connectivity index (χ4v) is 2.54. The smallest absolute Gasteiger partial charge is 0.0698 e. The van der Waals surface area contributed by atoms with E-state index in [1.807, 2.05) is 0 Å². The summed E-state index contributed by atoms with van der Waals surface area (Å²) in [7, 11) is 0. The number of nitrogens with one attached hydrogen (secondary N) is 1. The molecule has 0 spiro atoms. The van der Waals surface area contributed by atoms with Gasteiger partial charge < -0.3 is 19.9 Å². The Kier molecular flexibility index (Phi) is 6.41. The van der Waals surface area contributed by atoms with E-state index >= 15 is 0 Å². The van der Waals surface area contributed by atoms with E-state index in [9.17, 15) is 0 Å². The number of ether oxygens (including phenoxy) is 2. The molecule has 4 heteroatoms.